The summed E-state index contributed by atoms with van der Waals surface area (Å²) < 4.78 is 41.1. The highest BCUT2D eigenvalue weighted by molar-refractivity contribution is 9.10. The third-order valence-electron chi connectivity index (χ3n) is 6.65. The summed E-state index contributed by atoms with van der Waals surface area (Å²) >= 11 is 3.42. The standard InChI is InChI=1S/C32H40BrN3O6S/c1-21-15-22(2)17-26(16-21)36(43(39,40)27-13-14-28(41-7)29(18-27)42-8)20-30(37)35(19-24-9-11-25(33)12-10-24)23(3)31(38)34-32(4,5)6/h9-18,23H,19-20H2,1-8H3,(H,34,38)/t23-/m0/s1. The van der Waals surface area contributed by atoms with Crippen molar-refractivity contribution in [2.45, 2.75) is 64.6 Å². The predicted octanol–water partition coefficient (Wildman–Crippen LogP) is 5.61. The second-order valence-electron chi connectivity index (χ2n) is 11.4. The first kappa shape index (κ1) is 33.9. The first-order valence-electron chi connectivity index (χ1n) is 13.7. The highest BCUT2D eigenvalue weighted by Crippen LogP contribution is 2.33. The molecule has 0 fully saturated rings. The summed E-state index contributed by atoms with van der Waals surface area (Å²) in [4.78, 5) is 28.8. The number of rotatable bonds is 11. The molecular formula is C32H40BrN3O6S. The molecule has 2 amide bonds. The maximum absolute atomic E-state index is 14.2. The number of anilines is 1. The Kier molecular flexibility index (Phi) is 10.9. The highest BCUT2D eigenvalue weighted by atomic mass is 79.9. The molecule has 232 valence electrons. The fourth-order valence-electron chi connectivity index (χ4n) is 4.57. The van der Waals surface area contributed by atoms with Crippen LogP contribution in [0.15, 0.2) is 70.0 Å². The van der Waals surface area contributed by atoms with Crippen LogP contribution in [0.25, 0.3) is 0 Å². The monoisotopic (exact) mass is 673 g/mol. The summed E-state index contributed by atoms with van der Waals surface area (Å²) in [6, 6.07) is 16.1. The van der Waals surface area contributed by atoms with Gasteiger partial charge >= 0.3 is 0 Å². The van der Waals surface area contributed by atoms with Crippen LogP contribution < -0.4 is 19.1 Å². The van der Waals surface area contributed by atoms with Gasteiger partial charge in [-0.25, -0.2) is 8.42 Å². The number of benzene rings is 3. The van der Waals surface area contributed by atoms with Gasteiger partial charge in [0.2, 0.25) is 11.8 Å². The Morgan fingerprint density at radius 3 is 2.02 bits per heavy atom. The lowest BCUT2D eigenvalue weighted by Gasteiger charge is -2.33. The third kappa shape index (κ3) is 8.73. The first-order valence-corrected chi connectivity index (χ1v) is 16.0. The van der Waals surface area contributed by atoms with Crippen LogP contribution in [0.3, 0.4) is 0 Å². The molecule has 0 aliphatic heterocycles. The van der Waals surface area contributed by atoms with E-state index in [1.165, 1.54) is 37.3 Å². The van der Waals surface area contributed by atoms with Gasteiger partial charge in [0, 0.05) is 22.6 Å². The van der Waals surface area contributed by atoms with Crippen molar-refractivity contribution in [1.29, 1.82) is 0 Å². The van der Waals surface area contributed by atoms with Gasteiger partial charge in [-0.3, -0.25) is 13.9 Å². The molecule has 0 spiro atoms. The minimum atomic E-state index is -4.28. The molecule has 0 heterocycles. The number of carbonyl (C=O) groups excluding carboxylic acids is 2. The summed E-state index contributed by atoms with van der Waals surface area (Å²) in [5.74, 6) is -0.282. The zero-order valence-electron chi connectivity index (χ0n) is 25.9. The van der Waals surface area contributed by atoms with Gasteiger partial charge in [0.25, 0.3) is 10.0 Å². The van der Waals surface area contributed by atoms with Crippen molar-refractivity contribution in [3.05, 3.63) is 81.8 Å². The zero-order chi connectivity index (χ0) is 32.1. The fourth-order valence-corrected chi connectivity index (χ4v) is 6.25. The number of halogens is 1. The molecule has 9 nitrogen and oxygen atoms in total. The van der Waals surface area contributed by atoms with Crippen molar-refractivity contribution in [3.8, 4) is 11.5 Å². The molecule has 0 saturated carbocycles. The van der Waals surface area contributed by atoms with Gasteiger partial charge in [-0.2, -0.15) is 0 Å². The van der Waals surface area contributed by atoms with E-state index in [1.807, 2.05) is 65.0 Å². The van der Waals surface area contributed by atoms with Gasteiger partial charge in [-0.1, -0.05) is 34.1 Å². The molecule has 0 bridgehead atoms. The van der Waals surface area contributed by atoms with E-state index >= 15 is 0 Å². The van der Waals surface area contributed by atoms with E-state index in [2.05, 4.69) is 21.2 Å². The second-order valence-corrected chi connectivity index (χ2v) is 14.2. The number of aryl methyl sites for hydroxylation is 2. The Labute approximate surface area is 263 Å². The Morgan fingerprint density at radius 1 is 0.907 bits per heavy atom. The average Bonchev–Trinajstić information content (AvgIpc) is 2.93. The molecular weight excluding hydrogens is 634 g/mol. The van der Waals surface area contributed by atoms with E-state index in [0.29, 0.717) is 11.4 Å². The van der Waals surface area contributed by atoms with E-state index in [9.17, 15) is 18.0 Å². The molecule has 1 N–H and O–H groups in total. The van der Waals surface area contributed by atoms with Crippen molar-refractivity contribution >= 4 is 43.5 Å². The lowest BCUT2D eigenvalue weighted by atomic mass is 10.1. The van der Waals surface area contributed by atoms with E-state index in [1.54, 1.807) is 19.1 Å². The van der Waals surface area contributed by atoms with E-state index < -0.39 is 34.1 Å². The average molecular weight is 675 g/mol. The van der Waals surface area contributed by atoms with E-state index in [4.69, 9.17) is 9.47 Å². The van der Waals surface area contributed by atoms with Gasteiger partial charge in [0.15, 0.2) is 11.5 Å². The number of nitrogens with one attached hydrogen (secondary N) is 1. The number of nitrogens with zero attached hydrogens (tertiary/aromatic N) is 2. The van der Waals surface area contributed by atoms with Crippen molar-refractivity contribution in [2.75, 3.05) is 25.1 Å². The minimum Gasteiger partial charge on any atom is -0.493 e. The van der Waals surface area contributed by atoms with E-state index in [-0.39, 0.29) is 23.1 Å². The number of methoxy groups -OCH3 is 2. The van der Waals surface area contributed by atoms with Crippen molar-refractivity contribution < 1.29 is 27.5 Å². The van der Waals surface area contributed by atoms with Crippen LogP contribution in [0.1, 0.15) is 44.4 Å². The fraction of sp³-hybridized carbons (Fsp3) is 0.375. The van der Waals surface area contributed by atoms with Crippen LogP contribution in [0, 0.1) is 13.8 Å². The summed E-state index contributed by atoms with van der Waals surface area (Å²) in [7, 11) is -1.40. The van der Waals surface area contributed by atoms with Gasteiger partial charge in [0.05, 0.1) is 24.8 Å². The smallest absolute Gasteiger partial charge is 0.264 e. The van der Waals surface area contributed by atoms with Crippen LogP contribution in [0.2, 0.25) is 0 Å². The number of ether oxygens (including phenoxy) is 2. The number of hydrogen-bond acceptors (Lipinski definition) is 6. The summed E-state index contributed by atoms with van der Waals surface area (Å²) in [5.41, 5.74) is 2.25. The topological polar surface area (TPSA) is 105 Å². The SMILES string of the molecule is COc1ccc(S(=O)(=O)N(CC(=O)N(Cc2ccc(Br)cc2)[C@@H](C)C(=O)NC(C)(C)C)c2cc(C)cc(C)c2)cc1OC. The van der Waals surface area contributed by atoms with Crippen LogP contribution >= 0.6 is 15.9 Å². The molecule has 0 aliphatic carbocycles. The molecule has 0 aromatic heterocycles. The Morgan fingerprint density at radius 2 is 1.49 bits per heavy atom. The Hall–Kier alpha value is -3.57. The summed E-state index contributed by atoms with van der Waals surface area (Å²) in [5, 5.41) is 2.93. The van der Waals surface area contributed by atoms with E-state index in [0.717, 1.165) is 25.5 Å². The molecule has 43 heavy (non-hydrogen) atoms. The third-order valence-corrected chi connectivity index (χ3v) is 8.95. The number of carbonyl (C=O) groups is 2. The molecule has 3 aromatic carbocycles. The van der Waals surface area contributed by atoms with Crippen LogP contribution in [-0.4, -0.2) is 57.5 Å². The number of sulfonamides is 1. The molecule has 3 rings (SSSR count). The molecule has 0 unspecified atom stereocenters. The molecule has 11 heteroatoms. The highest BCUT2D eigenvalue weighted by Gasteiger charge is 2.34. The minimum absolute atomic E-state index is 0.0740. The van der Waals surface area contributed by atoms with Crippen LogP contribution in [0.4, 0.5) is 5.69 Å². The maximum Gasteiger partial charge on any atom is 0.264 e. The summed E-state index contributed by atoms with van der Waals surface area (Å²) in [6.45, 7) is 10.5. The first-order chi connectivity index (χ1) is 20.0. The Bertz CT molecular complexity index is 1550. The molecule has 3 aromatic rings. The van der Waals surface area contributed by atoms with Crippen molar-refractivity contribution in [1.82, 2.24) is 10.2 Å². The predicted molar refractivity (Wildman–Crippen MR) is 172 cm³/mol. The second kappa shape index (κ2) is 13.8. The van der Waals surface area contributed by atoms with Crippen molar-refractivity contribution in [2.24, 2.45) is 0 Å². The lowest BCUT2D eigenvalue weighted by Crippen LogP contribution is -2.54. The quantitative estimate of drug-likeness (QED) is 0.284. The molecule has 0 saturated heterocycles. The molecule has 0 radical (unpaired) electrons. The Balaban J connectivity index is 2.11. The normalized spacial score (nSPS) is 12.3. The van der Waals surface area contributed by atoms with Gasteiger partial charge in [-0.15, -0.1) is 0 Å². The number of amides is 2. The summed E-state index contributed by atoms with van der Waals surface area (Å²) in [6.07, 6.45) is 0. The maximum atomic E-state index is 14.2. The van der Waals surface area contributed by atoms with Gasteiger partial charge in [0.1, 0.15) is 12.6 Å². The largest absolute Gasteiger partial charge is 0.493 e. The lowest BCUT2D eigenvalue weighted by molar-refractivity contribution is -0.140. The van der Waals surface area contributed by atoms with Crippen molar-refractivity contribution in [3.63, 3.8) is 0 Å². The number of hydrogen-bond donors (Lipinski definition) is 1. The van der Waals surface area contributed by atoms with Crippen LogP contribution in [0.5, 0.6) is 11.5 Å². The molecule has 0 aliphatic rings. The molecule has 1 atom stereocenters. The van der Waals surface area contributed by atoms with Gasteiger partial charge in [-0.05, 0) is 94.6 Å². The van der Waals surface area contributed by atoms with Gasteiger partial charge < -0.3 is 19.7 Å². The van der Waals surface area contributed by atoms with Crippen LogP contribution in [-0.2, 0) is 26.2 Å². The zero-order valence-corrected chi connectivity index (χ0v) is 28.3.